The molecule has 166 valence electrons. The van der Waals surface area contributed by atoms with Crippen molar-refractivity contribution in [3.8, 4) is 5.75 Å². The first-order valence-corrected chi connectivity index (χ1v) is 10.4. The lowest BCUT2D eigenvalue weighted by Gasteiger charge is -2.39. The zero-order valence-electron chi connectivity index (χ0n) is 18.4. The van der Waals surface area contributed by atoms with Crippen LogP contribution in [0.5, 0.6) is 5.75 Å². The minimum Gasteiger partial charge on any atom is -0.497 e. The summed E-state index contributed by atoms with van der Waals surface area (Å²) in [5.41, 5.74) is 0.541. The second-order valence-corrected chi connectivity index (χ2v) is 8.58. The van der Waals surface area contributed by atoms with Gasteiger partial charge in [0.25, 0.3) is 5.91 Å². The third-order valence-electron chi connectivity index (χ3n) is 5.12. The number of nitrogens with zero attached hydrogens (tertiary/aromatic N) is 2. The van der Waals surface area contributed by atoms with Crippen LogP contribution in [-0.2, 0) is 4.74 Å². The Morgan fingerprint density at radius 3 is 2.29 bits per heavy atom. The SMILES string of the molecule is COc1cccc(C(=O)N(c2ccc(F)cc2)C2CCN(C(=O)OC(C)(C)C)CC2)c1. The van der Waals surface area contributed by atoms with Gasteiger partial charge in [-0.05, 0) is 76.1 Å². The number of piperidine rings is 1. The predicted molar refractivity (Wildman–Crippen MR) is 117 cm³/mol. The Bertz CT molecular complexity index is 916. The van der Waals surface area contributed by atoms with Crippen LogP contribution >= 0.6 is 0 Å². The van der Waals surface area contributed by atoms with Crippen LogP contribution in [0.25, 0.3) is 0 Å². The van der Waals surface area contributed by atoms with E-state index in [2.05, 4.69) is 0 Å². The molecule has 0 saturated carbocycles. The maximum Gasteiger partial charge on any atom is 0.410 e. The van der Waals surface area contributed by atoms with Crippen LogP contribution in [0.3, 0.4) is 0 Å². The molecule has 3 rings (SSSR count). The highest BCUT2D eigenvalue weighted by Crippen LogP contribution is 2.28. The molecule has 7 heteroatoms. The molecule has 0 aromatic heterocycles. The standard InChI is InChI=1S/C24H29FN2O4/c1-24(2,3)31-23(29)26-14-12-20(13-15-26)27(19-10-8-18(25)9-11-19)22(28)17-6-5-7-21(16-17)30-4/h5-11,16,20H,12-15H2,1-4H3. The molecule has 1 heterocycles. The second kappa shape index (κ2) is 9.37. The van der Waals surface area contributed by atoms with E-state index < -0.39 is 5.60 Å². The van der Waals surface area contributed by atoms with Crippen molar-refractivity contribution in [1.29, 1.82) is 0 Å². The number of carbonyl (C=O) groups excluding carboxylic acids is 2. The van der Waals surface area contributed by atoms with Crippen molar-refractivity contribution in [1.82, 2.24) is 4.90 Å². The van der Waals surface area contributed by atoms with E-state index in [9.17, 15) is 14.0 Å². The number of halogens is 1. The Balaban J connectivity index is 1.82. The van der Waals surface area contributed by atoms with Gasteiger partial charge in [-0.1, -0.05) is 6.07 Å². The molecule has 0 unspecified atom stereocenters. The Morgan fingerprint density at radius 2 is 1.71 bits per heavy atom. The summed E-state index contributed by atoms with van der Waals surface area (Å²) in [6, 6.07) is 12.7. The van der Waals surface area contributed by atoms with Crippen molar-refractivity contribution >= 4 is 17.7 Å². The number of hydrogen-bond acceptors (Lipinski definition) is 4. The highest BCUT2D eigenvalue weighted by atomic mass is 19.1. The topological polar surface area (TPSA) is 59.1 Å². The first-order chi connectivity index (χ1) is 14.7. The van der Waals surface area contributed by atoms with Crippen molar-refractivity contribution in [2.75, 3.05) is 25.1 Å². The zero-order valence-corrected chi connectivity index (χ0v) is 18.4. The van der Waals surface area contributed by atoms with Crippen molar-refractivity contribution < 1.29 is 23.5 Å². The number of methoxy groups -OCH3 is 1. The fourth-order valence-corrected chi connectivity index (χ4v) is 3.62. The average Bonchev–Trinajstić information content (AvgIpc) is 2.74. The van der Waals surface area contributed by atoms with Crippen LogP contribution < -0.4 is 9.64 Å². The molecule has 2 aromatic carbocycles. The number of benzene rings is 2. The minimum atomic E-state index is -0.559. The molecule has 1 aliphatic heterocycles. The molecule has 0 radical (unpaired) electrons. The highest BCUT2D eigenvalue weighted by molar-refractivity contribution is 6.06. The molecule has 0 bridgehead atoms. The quantitative estimate of drug-likeness (QED) is 0.696. The molecule has 0 N–H and O–H groups in total. The van der Waals surface area contributed by atoms with Gasteiger partial charge in [0.1, 0.15) is 17.2 Å². The third kappa shape index (κ3) is 5.75. The van der Waals surface area contributed by atoms with E-state index in [0.717, 1.165) is 0 Å². The minimum absolute atomic E-state index is 0.136. The van der Waals surface area contributed by atoms with Gasteiger partial charge in [-0.2, -0.15) is 0 Å². The number of ether oxygens (including phenoxy) is 2. The van der Waals surface area contributed by atoms with Crippen LogP contribution in [0.4, 0.5) is 14.9 Å². The van der Waals surface area contributed by atoms with Gasteiger partial charge in [0.15, 0.2) is 0 Å². The highest BCUT2D eigenvalue weighted by Gasteiger charge is 2.33. The van der Waals surface area contributed by atoms with Gasteiger partial charge in [-0.15, -0.1) is 0 Å². The monoisotopic (exact) mass is 428 g/mol. The summed E-state index contributed by atoms with van der Waals surface area (Å²) in [5, 5.41) is 0. The lowest BCUT2D eigenvalue weighted by molar-refractivity contribution is 0.0205. The number of anilines is 1. The van der Waals surface area contributed by atoms with E-state index in [0.29, 0.717) is 42.9 Å². The largest absolute Gasteiger partial charge is 0.497 e. The van der Waals surface area contributed by atoms with Crippen LogP contribution in [-0.4, -0.2) is 48.7 Å². The second-order valence-electron chi connectivity index (χ2n) is 8.58. The number of likely N-dealkylation sites (tertiary alicyclic amines) is 1. The molecule has 2 aromatic rings. The van der Waals surface area contributed by atoms with Crippen LogP contribution in [0.2, 0.25) is 0 Å². The van der Waals surface area contributed by atoms with Gasteiger partial charge in [0.2, 0.25) is 0 Å². The Kier molecular flexibility index (Phi) is 6.83. The van der Waals surface area contributed by atoms with Crippen LogP contribution in [0, 0.1) is 5.82 Å². The van der Waals surface area contributed by atoms with E-state index in [1.165, 1.54) is 12.1 Å². The van der Waals surface area contributed by atoms with E-state index in [-0.39, 0.29) is 23.9 Å². The number of amides is 2. The van der Waals surface area contributed by atoms with E-state index in [1.807, 2.05) is 20.8 Å². The molecule has 1 saturated heterocycles. The number of rotatable bonds is 4. The van der Waals surface area contributed by atoms with Gasteiger partial charge < -0.3 is 19.3 Å². The van der Waals surface area contributed by atoms with Crippen LogP contribution in [0.15, 0.2) is 48.5 Å². The van der Waals surface area contributed by atoms with Gasteiger partial charge in [0, 0.05) is 30.4 Å². The van der Waals surface area contributed by atoms with E-state index in [1.54, 1.807) is 53.3 Å². The van der Waals surface area contributed by atoms with Crippen LogP contribution in [0.1, 0.15) is 44.0 Å². The predicted octanol–water partition coefficient (Wildman–Crippen LogP) is 4.88. The maximum absolute atomic E-state index is 13.5. The number of hydrogen-bond donors (Lipinski definition) is 0. The van der Waals surface area contributed by atoms with E-state index in [4.69, 9.17) is 9.47 Å². The summed E-state index contributed by atoms with van der Waals surface area (Å²) in [4.78, 5) is 29.2. The first kappa shape index (κ1) is 22.6. The van der Waals surface area contributed by atoms with Crippen molar-refractivity contribution in [2.24, 2.45) is 0 Å². The van der Waals surface area contributed by atoms with Gasteiger partial charge in [-0.3, -0.25) is 4.79 Å². The lowest BCUT2D eigenvalue weighted by Crippen LogP contribution is -2.50. The molecular formula is C24H29FN2O4. The van der Waals surface area contributed by atoms with Gasteiger partial charge >= 0.3 is 6.09 Å². The summed E-state index contributed by atoms with van der Waals surface area (Å²) >= 11 is 0. The van der Waals surface area contributed by atoms with Gasteiger partial charge in [-0.25, -0.2) is 9.18 Å². The average molecular weight is 429 g/mol. The van der Waals surface area contributed by atoms with Crippen molar-refractivity contribution in [3.05, 3.63) is 59.9 Å². The summed E-state index contributed by atoms with van der Waals surface area (Å²) in [6.07, 6.45) is 0.831. The van der Waals surface area contributed by atoms with Crippen molar-refractivity contribution in [2.45, 2.75) is 45.3 Å². The van der Waals surface area contributed by atoms with Crippen molar-refractivity contribution in [3.63, 3.8) is 0 Å². The Hall–Kier alpha value is -3.09. The summed E-state index contributed by atoms with van der Waals surface area (Å²) in [5.74, 6) is 0.0307. The fourth-order valence-electron chi connectivity index (χ4n) is 3.62. The summed E-state index contributed by atoms with van der Waals surface area (Å²) in [6.45, 7) is 6.45. The fraction of sp³-hybridized carbons (Fsp3) is 0.417. The molecule has 0 aliphatic carbocycles. The Morgan fingerprint density at radius 1 is 1.06 bits per heavy atom. The zero-order chi connectivity index (χ0) is 22.6. The molecule has 2 amide bonds. The maximum atomic E-state index is 13.5. The third-order valence-corrected chi connectivity index (χ3v) is 5.12. The molecule has 0 atom stereocenters. The normalized spacial score (nSPS) is 14.8. The molecule has 6 nitrogen and oxygen atoms in total. The smallest absolute Gasteiger partial charge is 0.410 e. The molecule has 1 fully saturated rings. The molecule has 31 heavy (non-hydrogen) atoms. The summed E-state index contributed by atoms with van der Waals surface area (Å²) < 4.78 is 24.2. The first-order valence-electron chi connectivity index (χ1n) is 10.4. The summed E-state index contributed by atoms with van der Waals surface area (Å²) in [7, 11) is 1.55. The molecule has 0 spiro atoms. The number of carbonyl (C=O) groups is 2. The molecular weight excluding hydrogens is 399 g/mol. The van der Waals surface area contributed by atoms with E-state index >= 15 is 0 Å². The Labute approximate surface area is 182 Å². The van der Waals surface area contributed by atoms with Gasteiger partial charge in [0.05, 0.1) is 7.11 Å². The lowest BCUT2D eigenvalue weighted by atomic mass is 10.0. The molecule has 1 aliphatic rings.